The third-order valence-corrected chi connectivity index (χ3v) is 3.42. The summed E-state index contributed by atoms with van der Waals surface area (Å²) in [5, 5.41) is 0. The fraction of sp³-hybridized carbons (Fsp3) is 0.333. The molecule has 112 valence electrons. The van der Waals surface area contributed by atoms with Gasteiger partial charge in [0.2, 0.25) is 0 Å². The van der Waals surface area contributed by atoms with E-state index in [0.717, 1.165) is 37.5 Å². The van der Waals surface area contributed by atoms with Crippen LogP contribution >= 0.6 is 0 Å². The van der Waals surface area contributed by atoms with Gasteiger partial charge >= 0.3 is 0 Å². The van der Waals surface area contributed by atoms with Crippen LogP contribution in [0.5, 0.6) is 5.75 Å². The highest BCUT2D eigenvalue weighted by molar-refractivity contribution is 5.47. The molecule has 0 heterocycles. The van der Waals surface area contributed by atoms with E-state index < -0.39 is 0 Å². The van der Waals surface area contributed by atoms with Gasteiger partial charge in [-0.3, -0.25) is 4.90 Å². The highest BCUT2D eigenvalue weighted by atomic mass is 16.5. The van der Waals surface area contributed by atoms with Crippen LogP contribution in [-0.4, -0.2) is 18.6 Å². The Morgan fingerprint density at radius 3 is 2.38 bits per heavy atom. The molecule has 3 nitrogen and oxygen atoms in total. The monoisotopic (exact) mass is 284 g/mol. The van der Waals surface area contributed by atoms with Gasteiger partial charge in [-0.05, 0) is 36.2 Å². The van der Waals surface area contributed by atoms with Crippen LogP contribution in [0.25, 0.3) is 0 Å². The molecular weight excluding hydrogens is 260 g/mol. The molecule has 0 bridgehead atoms. The summed E-state index contributed by atoms with van der Waals surface area (Å²) in [7, 11) is 1.67. The van der Waals surface area contributed by atoms with Crippen molar-refractivity contribution in [2.24, 2.45) is 0 Å². The van der Waals surface area contributed by atoms with Gasteiger partial charge in [-0.1, -0.05) is 37.3 Å². The van der Waals surface area contributed by atoms with Crippen molar-refractivity contribution in [3.05, 3.63) is 59.7 Å². The number of hydrogen-bond donors (Lipinski definition) is 1. The minimum absolute atomic E-state index is 0.750. The Balaban J connectivity index is 2.10. The SMILES string of the molecule is CCCN(Cc1ccccc1)Cc1cc(N)cc(OC)c1. The average molecular weight is 284 g/mol. The molecule has 0 aromatic heterocycles. The van der Waals surface area contributed by atoms with Gasteiger partial charge in [-0.2, -0.15) is 0 Å². The lowest BCUT2D eigenvalue weighted by molar-refractivity contribution is 0.257. The Hall–Kier alpha value is -2.00. The Morgan fingerprint density at radius 1 is 1.00 bits per heavy atom. The van der Waals surface area contributed by atoms with E-state index in [1.807, 2.05) is 12.1 Å². The van der Waals surface area contributed by atoms with Crippen molar-refractivity contribution < 1.29 is 4.74 Å². The van der Waals surface area contributed by atoms with Crippen molar-refractivity contribution in [3.8, 4) is 5.75 Å². The third-order valence-electron chi connectivity index (χ3n) is 3.42. The molecule has 2 aromatic rings. The molecule has 0 amide bonds. The van der Waals surface area contributed by atoms with Gasteiger partial charge in [-0.15, -0.1) is 0 Å². The van der Waals surface area contributed by atoms with E-state index in [2.05, 4.69) is 48.2 Å². The van der Waals surface area contributed by atoms with E-state index in [0.29, 0.717) is 0 Å². The van der Waals surface area contributed by atoms with Crippen LogP contribution in [-0.2, 0) is 13.1 Å². The molecule has 0 saturated carbocycles. The molecular formula is C18H24N2O. The van der Waals surface area contributed by atoms with Gasteiger partial charge in [0.25, 0.3) is 0 Å². The van der Waals surface area contributed by atoms with E-state index >= 15 is 0 Å². The predicted molar refractivity (Wildman–Crippen MR) is 88.3 cm³/mol. The molecule has 2 N–H and O–H groups in total. The zero-order valence-corrected chi connectivity index (χ0v) is 12.9. The minimum Gasteiger partial charge on any atom is -0.497 e. The average Bonchev–Trinajstić information content (AvgIpc) is 2.48. The first-order chi connectivity index (χ1) is 10.2. The second kappa shape index (κ2) is 7.70. The molecule has 2 rings (SSSR count). The lowest BCUT2D eigenvalue weighted by Gasteiger charge is -2.22. The molecule has 0 aliphatic heterocycles. The molecule has 0 fully saturated rings. The number of ether oxygens (including phenoxy) is 1. The summed E-state index contributed by atoms with van der Waals surface area (Å²) in [6.07, 6.45) is 1.13. The number of nitrogens with zero attached hydrogens (tertiary/aromatic N) is 1. The zero-order chi connectivity index (χ0) is 15.1. The van der Waals surface area contributed by atoms with Gasteiger partial charge < -0.3 is 10.5 Å². The fourth-order valence-electron chi connectivity index (χ4n) is 2.53. The molecule has 0 unspecified atom stereocenters. The number of nitrogen functional groups attached to an aromatic ring is 1. The van der Waals surface area contributed by atoms with Crippen molar-refractivity contribution in [1.29, 1.82) is 0 Å². The van der Waals surface area contributed by atoms with Crippen molar-refractivity contribution in [2.45, 2.75) is 26.4 Å². The molecule has 0 aliphatic rings. The van der Waals surface area contributed by atoms with Gasteiger partial charge in [0.15, 0.2) is 0 Å². The van der Waals surface area contributed by atoms with Crippen molar-refractivity contribution in [3.63, 3.8) is 0 Å². The van der Waals surface area contributed by atoms with E-state index in [-0.39, 0.29) is 0 Å². The smallest absolute Gasteiger partial charge is 0.121 e. The summed E-state index contributed by atoms with van der Waals surface area (Å²) in [5.74, 6) is 0.821. The van der Waals surface area contributed by atoms with Gasteiger partial charge in [0, 0.05) is 24.8 Å². The quantitative estimate of drug-likeness (QED) is 0.788. The van der Waals surface area contributed by atoms with Gasteiger partial charge in [0.1, 0.15) is 5.75 Å². The number of anilines is 1. The molecule has 0 radical (unpaired) electrons. The van der Waals surface area contributed by atoms with Crippen LogP contribution < -0.4 is 10.5 Å². The maximum absolute atomic E-state index is 5.94. The topological polar surface area (TPSA) is 38.5 Å². The number of hydrogen-bond acceptors (Lipinski definition) is 3. The highest BCUT2D eigenvalue weighted by Gasteiger charge is 2.08. The summed E-state index contributed by atoms with van der Waals surface area (Å²) in [4.78, 5) is 2.43. The van der Waals surface area contributed by atoms with Crippen LogP contribution in [0.4, 0.5) is 5.69 Å². The first-order valence-electron chi connectivity index (χ1n) is 7.41. The Bertz CT molecular complexity index is 554. The van der Waals surface area contributed by atoms with E-state index in [9.17, 15) is 0 Å². The summed E-state index contributed by atoms with van der Waals surface area (Å²) < 4.78 is 5.30. The van der Waals surface area contributed by atoms with Gasteiger partial charge in [0.05, 0.1) is 7.11 Å². The zero-order valence-electron chi connectivity index (χ0n) is 12.9. The molecule has 0 aliphatic carbocycles. The number of benzene rings is 2. The fourth-order valence-corrected chi connectivity index (χ4v) is 2.53. The lowest BCUT2D eigenvalue weighted by Crippen LogP contribution is -2.23. The Labute approximate surface area is 127 Å². The number of rotatable bonds is 7. The number of methoxy groups -OCH3 is 1. The molecule has 0 atom stereocenters. The normalized spacial score (nSPS) is 10.8. The lowest BCUT2D eigenvalue weighted by atomic mass is 10.1. The molecule has 21 heavy (non-hydrogen) atoms. The summed E-state index contributed by atoms with van der Waals surface area (Å²) in [5.41, 5.74) is 9.22. The van der Waals surface area contributed by atoms with Crippen LogP contribution in [0.1, 0.15) is 24.5 Å². The maximum Gasteiger partial charge on any atom is 0.121 e. The Morgan fingerprint density at radius 2 is 1.71 bits per heavy atom. The first-order valence-corrected chi connectivity index (χ1v) is 7.41. The van der Waals surface area contributed by atoms with Crippen LogP contribution in [0, 0.1) is 0 Å². The van der Waals surface area contributed by atoms with Crippen LogP contribution in [0.3, 0.4) is 0 Å². The maximum atomic E-state index is 5.94. The second-order valence-corrected chi connectivity index (χ2v) is 5.31. The summed E-state index contributed by atoms with van der Waals surface area (Å²) in [6.45, 7) is 5.10. The van der Waals surface area contributed by atoms with Crippen molar-refractivity contribution in [2.75, 3.05) is 19.4 Å². The van der Waals surface area contributed by atoms with E-state index in [1.54, 1.807) is 7.11 Å². The largest absolute Gasteiger partial charge is 0.497 e. The Kier molecular flexibility index (Phi) is 5.64. The molecule has 2 aromatic carbocycles. The van der Waals surface area contributed by atoms with E-state index in [4.69, 9.17) is 10.5 Å². The number of nitrogens with two attached hydrogens (primary N) is 1. The molecule has 0 spiro atoms. The first kappa shape index (κ1) is 15.4. The van der Waals surface area contributed by atoms with E-state index in [1.165, 1.54) is 11.1 Å². The van der Waals surface area contributed by atoms with Crippen LogP contribution in [0.2, 0.25) is 0 Å². The molecule has 3 heteroatoms. The summed E-state index contributed by atoms with van der Waals surface area (Å²) >= 11 is 0. The molecule has 0 saturated heterocycles. The third kappa shape index (κ3) is 4.80. The standard InChI is InChI=1S/C18H24N2O/c1-3-9-20(13-15-7-5-4-6-8-15)14-16-10-17(19)12-18(11-16)21-2/h4-8,10-12H,3,9,13-14,19H2,1-2H3. The predicted octanol–water partition coefficient (Wildman–Crippen LogP) is 3.69. The van der Waals surface area contributed by atoms with Gasteiger partial charge in [-0.25, -0.2) is 0 Å². The van der Waals surface area contributed by atoms with Crippen molar-refractivity contribution >= 4 is 5.69 Å². The highest BCUT2D eigenvalue weighted by Crippen LogP contribution is 2.20. The summed E-state index contributed by atoms with van der Waals surface area (Å²) in [6, 6.07) is 16.5. The van der Waals surface area contributed by atoms with Crippen molar-refractivity contribution in [1.82, 2.24) is 4.90 Å². The van der Waals surface area contributed by atoms with Crippen LogP contribution in [0.15, 0.2) is 48.5 Å². The minimum atomic E-state index is 0.750. The second-order valence-electron chi connectivity index (χ2n) is 5.31.